The lowest BCUT2D eigenvalue weighted by Crippen LogP contribution is -2.06. The predicted molar refractivity (Wildman–Crippen MR) is 72.9 cm³/mol. The van der Waals surface area contributed by atoms with Crippen LogP contribution in [-0.4, -0.2) is 25.7 Å². The van der Waals surface area contributed by atoms with E-state index < -0.39 is 14.0 Å². The number of hydrogen-bond acceptors (Lipinski definition) is 5. The van der Waals surface area contributed by atoms with E-state index in [1.807, 2.05) is 0 Å². The summed E-state index contributed by atoms with van der Waals surface area (Å²) >= 11 is 11.4. The predicted octanol–water partition coefficient (Wildman–Crippen LogP) is 3.24. The molecular formula is C9H8Cl3NO5S. The van der Waals surface area contributed by atoms with Crippen LogP contribution in [0.1, 0.15) is 6.42 Å². The molecule has 0 aliphatic carbocycles. The van der Waals surface area contributed by atoms with Crippen LogP contribution in [0.3, 0.4) is 0 Å². The minimum atomic E-state index is -3.61. The Labute approximate surface area is 123 Å². The van der Waals surface area contributed by atoms with Gasteiger partial charge in [-0.25, -0.2) is 8.42 Å². The molecule has 0 N–H and O–H groups in total. The van der Waals surface area contributed by atoms with Gasteiger partial charge in [-0.3, -0.25) is 10.1 Å². The number of halogens is 3. The maximum absolute atomic E-state index is 10.8. The van der Waals surface area contributed by atoms with Gasteiger partial charge in [-0.2, -0.15) is 0 Å². The van der Waals surface area contributed by atoms with E-state index in [-0.39, 0.29) is 40.3 Å². The summed E-state index contributed by atoms with van der Waals surface area (Å²) in [6.07, 6.45) is 0.100. The van der Waals surface area contributed by atoms with Crippen LogP contribution in [-0.2, 0) is 9.05 Å². The van der Waals surface area contributed by atoms with Gasteiger partial charge in [0.05, 0.1) is 27.3 Å². The van der Waals surface area contributed by atoms with E-state index in [1.165, 1.54) is 6.07 Å². The van der Waals surface area contributed by atoms with Gasteiger partial charge in [0.15, 0.2) is 5.75 Å². The Morgan fingerprint density at radius 3 is 2.37 bits per heavy atom. The fourth-order valence-electron chi connectivity index (χ4n) is 1.19. The second-order valence-electron chi connectivity index (χ2n) is 3.44. The molecule has 6 nitrogen and oxygen atoms in total. The highest BCUT2D eigenvalue weighted by atomic mass is 35.7. The molecule has 1 rings (SSSR count). The summed E-state index contributed by atoms with van der Waals surface area (Å²) < 4.78 is 26.5. The summed E-state index contributed by atoms with van der Waals surface area (Å²) in [6.45, 7) is -0.0508. The zero-order valence-corrected chi connectivity index (χ0v) is 12.4. The van der Waals surface area contributed by atoms with Crippen molar-refractivity contribution in [2.45, 2.75) is 6.42 Å². The first kappa shape index (κ1) is 16.3. The summed E-state index contributed by atoms with van der Waals surface area (Å²) in [5, 5.41) is 10.9. The van der Waals surface area contributed by atoms with E-state index in [0.29, 0.717) is 0 Å². The molecule has 0 spiro atoms. The Morgan fingerprint density at radius 1 is 1.26 bits per heavy atom. The molecule has 0 amide bonds. The van der Waals surface area contributed by atoms with E-state index in [9.17, 15) is 18.5 Å². The lowest BCUT2D eigenvalue weighted by atomic mass is 10.3. The lowest BCUT2D eigenvalue weighted by Gasteiger charge is -2.07. The first-order chi connectivity index (χ1) is 8.70. The number of ether oxygens (including phenoxy) is 1. The monoisotopic (exact) mass is 347 g/mol. The second-order valence-corrected chi connectivity index (χ2v) is 7.15. The molecule has 10 heteroatoms. The van der Waals surface area contributed by atoms with Gasteiger partial charge < -0.3 is 4.74 Å². The number of nitrogens with zero attached hydrogens (tertiary/aromatic N) is 1. The van der Waals surface area contributed by atoms with Crippen molar-refractivity contribution in [3.05, 3.63) is 32.3 Å². The van der Waals surface area contributed by atoms with Crippen LogP contribution in [0, 0.1) is 10.1 Å². The number of hydrogen-bond donors (Lipinski definition) is 0. The largest absolute Gasteiger partial charge is 0.487 e. The van der Waals surface area contributed by atoms with Crippen molar-refractivity contribution >= 4 is 48.6 Å². The van der Waals surface area contributed by atoms with E-state index in [0.717, 1.165) is 6.07 Å². The smallest absolute Gasteiger partial charge is 0.312 e. The Bertz CT molecular complexity index is 590. The van der Waals surface area contributed by atoms with Crippen LogP contribution in [0.2, 0.25) is 10.0 Å². The highest BCUT2D eigenvalue weighted by Gasteiger charge is 2.18. The second kappa shape index (κ2) is 6.60. The van der Waals surface area contributed by atoms with Crippen LogP contribution in [0.4, 0.5) is 5.69 Å². The molecular weight excluding hydrogens is 341 g/mol. The molecule has 106 valence electrons. The molecule has 0 aromatic heterocycles. The average molecular weight is 349 g/mol. The Kier molecular flexibility index (Phi) is 5.66. The third-order valence-electron chi connectivity index (χ3n) is 1.99. The maximum Gasteiger partial charge on any atom is 0.312 e. The van der Waals surface area contributed by atoms with Gasteiger partial charge in [0, 0.05) is 22.8 Å². The number of rotatable bonds is 6. The molecule has 0 unspecified atom stereocenters. The number of benzene rings is 1. The molecule has 0 aliphatic rings. The molecule has 1 aromatic rings. The first-order valence-electron chi connectivity index (χ1n) is 4.89. The average Bonchev–Trinajstić information content (AvgIpc) is 2.27. The van der Waals surface area contributed by atoms with Crippen molar-refractivity contribution in [1.82, 2.24) is 0 Å². The Balaban J connectivity index is 2.77. The van der Waals surface area contributed by atoms with Crippen LogP contribution in [0.15, 0.2) is 12.1 Å². The van der Waals surface area contributed by atoms with Crippen LogP contribution >= 0.6 is 33.9 Å². The molecule has 0 aliphatic heterocycles. The summed E-state index contributed by atoms with van der Waals surface area (Å²) in [7, 11) is 1.40. The molecule has 0 atom stereocenters. The van der Waals surface area contributed by atoms with Crippen molar-refractivity contribution in [2.24, 2.45) is 0 Å². The van der Waals surface area contributed by atoms with E-state index in [4.69, 9.17) is 38.6 Å². The van der Waals surface area contributed by atoms with Gasteiger partial charge in [-0.1, -0.05) is 23.2 Å². The van der Waals surface area contributed by atoms with Gasteiger partial charge in [0.1, 0.15) is 0 Å². The molecule has 0 radical (unpaired) electrons. The Morgan fingerprint density at radius 2 is 1.84 bits per heavy atom. The highest BCUT2D eigenvalue weighted by molar-refractivity contribution is 8.13. The SMILES string of the molecule is O=[N+]([O-])c1cc(Cl)c(Cl)cc1OCCCS(=O)(=O)Cl. The van der Waals surface area contributed by atoms with Gasteiger partial charge in [0.25, 0.3) is 0 Å². The summed E-state index contributed by atoms with van der Waals surface area (Å²) in [6, 6.07) is 2.27. The quantitative estimate of drug-likeness (QED) is 0.341. The van der Waals surface area contributed by atoms with Crippen LogP contribution in [0.5, 0.6) is 5.75 Å². The van der Waals surface area contributed by atoms with E-state index in [2.05, 4.69) is 0 Å². The topological polar surface area (TPSA) is 86.5 Å². The molecule has 1 aromatic carbocycles. The third-order valence-corrected chi connectivity index (χ3v) is 3.95. The molecule has 0 bridgehead atoms. The number of nitro groups is 1. The number of nitro benzene ring substituents is 1. The molecule has 0 saturated heterocycles. The first-order valence-corrected chi connectivity index (χ1v) is 8.12. The minimum Gasteiger partial charge on any atom is -0.487 e. The fourth-order valence-corrected chi connectivity index (χ4v) is 2.29. The minimum absolute atomic E-state index is 0.0315. The zero-order chi connectivity index (χ0) is 14.6. The van der Waals surface area contributed by atoms with Gasteiger partial charge in [-0.05, 0) is 6.42 Å². The molecule has 0 fully saturated rings. The highest BCUT2D eigenvalue weighted by Crippen LogP contribution is 2.35. The van der Waals surface area contributed by atoms with Crippen LogP contribution < -0.4 is 4.74 Å². The Hall–Kier alpha value is -0.760. The van der Waals surface area contributed by atoms with E-state index in [1.54, 1.807) is 0 Å². The van der Waals surface area contributed by atoms with Crippen molar-refractivity contribution in [2.75, 3.05) is 12.4 Å². The molecule has 0 heterocycles. The lowest BCUT2D eigenvalue weighted by molar-refractivity contribution is -0.385. The molecule has 0 saturated carbocycles. The van der Waals surface area contributed by atoms with Gasteiger partial charge in [0.2, 0.25) is 9.05 Å². The summed E-state index contributed by atoms with van der Waals surface area (Å²) in [5.41, 5.74) is -0.344. The van der Waals surface area contributed by atoms with Crippen molar-refractivity contribution in [1.29, 1.82) is 0 Å². The standard InChI is InChI=1S/C9H8Cl3NO5S/c10-6-4-8(13(14)15)9(5-7(6)11)18-2-1-3-19(12,16)17/h4-5H,1-3H2. The van der Waals surface area contributed by atoms with Crippen molar-refractivity contribution in [3.63, 3.8) is 0 Å². The maximum atomic E-state index is 10.8. The normalized spacial score (nSPS) is 11.3. The van der Waals surface area contributed by atoms with Gasteiger partial charge >= 0.3 is 5.69 Å². The van der Waals surface area contributed by atoms with Crippen molar-refractivity contribution < 1.29 is 18.1 Å². The van der Waals surface area contributed by atoms with E-state index >= 15 is 0 Å². The fraction of sp³-hybridized carbons (Fsp3) is 0.333. The third kappa shape index (κ3) is 5.40. The van der Waals surface area contributed by atoms with Crippen molar-refractivity contribution in [3.8, 4) is 5.75 Å². The zero-order valence-electron chi connectivity index (χ0n) is 9.31. The van der Waals surface area contributed by atoms with Gasteiger partial charge in [-0.15, -0.1) is 0 Å². The summed E-state index contributed by atoms with van der Waals surface area (Å²) in [5.74, 6) is -0.365. The van der Waals surface area contributed by atoms with Crippen LogP contribution in [0.25, 0.3) is 0 Å². The summed E-state index contributed by atoms with van der Waals surface area (Å²) in [4.78, 5) is 10.1. The molecule has 19 heavy (non-hydrogen) atoms.